The van der Waals surface area contributed by atoms with Crippen LogP contribution < -0.4 is 15.7 Å². The first kappa shape index (κ1) is 19.3. The van der Waals surface area contributed by atoms with Crippen molar-refractivity contribution in [3.63, 3.8) is 0 Å². The van der Waals surface area contributed by atoms with Gasteiger partial charge in [0.1, 0.15) is 11.3 Å². The van der Waals surface area contributed by atoms with Crippen LogP contribution in [0, 0.1) is 13.8 Å². The number of aryl methyl sites for hydroxylation is 1. The number of amides is 1. The zero-order valence-corrected chi connectivity index (χ0v) is 15.7. The fourth-order valence-electron chi connectivity index (χ4n) is 2.37. The summed E-state index contributed by atoms with van der Waals surface area (Å²) in [4.78, 5) is 25.7. The molecule has 0 bridgehead atoms. The highest BCUT2D eigenvalue weighted by molar-refractivity contribution is 6.32. The van der Waals surface area contributed by atoms with E-state index in [9.17, 15) is 9.59 Å². The Morgan fingerprint density at radius 3 is 2.68 bits per heavy atom. The molecule has 0 aliphatic heterocycles. The van der Waals surface area contributed by atoms with Gasteiger partial charge in [0.25, 0.3) is 5.91 Å². The third-order valence-electron chi connectivity index (χ3n) is 3.97. The van der Waals surface area contributed by atoms with E-state index in [4.69, 9.17) is 20.8 Å². The number of hydrogen-bond donors (Lipinski definition) is 1. The molecule has 0 radical (unpaired) electrons. The molecule has 0 saturated carbocycles. The van der Waals surface area contributed by atoms with Crippen molar-refractivity contribution in [1.29, 1.82) is 0 Å². The van der Waals surface area contributed by atoms with Gasteiger partial charge in [0.15, 0.2) is 6.61 Å². The fraction of sp³-hybridized carbons (Fsp3) is 0.444. The zero-order chi connectivity index (χ0) is 18.6. The standard InChI is InChI=1S/C18H23ClN2O4/c1-11-12(2)18(23)25-15-9-16(14(19)8-13(11)15)24-10-17(22)20-6-5-7-21(3)4/h8-9H,5-7,10H2,1-4H3,(H,20,22). The van der Waals surface area contributed by atoms with E-state index in [-0.39, 0.29) is 12.5 Å². The van der Waals surface area contributed by atoms with Crippen molar-refractivity contribution in [2.45, 2.75) is 20.3 Å². The maximum atomic E-state index is 11.8. The van der Waals surface area contributed by atoms with Crippen LogP contribution in [0.15, 0.2) is 21.3 Å². The highest BCUT2D eigenvalue weighted by Crippen LogP contribution is 2.31. The maximum Gasteiger partial charge on any atom is 0.339 e. The molecule has 0 aliphatic rings. The van der Waals surface area contributed by atoms with Crippen molar-refractivity contribution in [3.8, 4) is 5.75 Å². The smallest absolute Gasteiger partial charge is 0.339 e. The van der Waals surface area contributed by atoms with Gasteiger partial charge in [-0.15, -0.1) is 0 Å². The van der Waals surface area contributed by atoms with Crippen molar-refractivity contribution in [2.24, 2.45) is 0 Å². The lowest BCUT2D eigenvalue weighted by Crippen LogP contribution is -2.31. The molecule has 136 valence electrons. The Labute approximate surface area is 151 Å². The Morgan fingerprint density at radius 2 is 2.00 bits per heavy atom. The quantitative estimate of drug-likeness (QED) is 0.602. The number of rotatable bonds is 7. The van der Waals surface area contributed by atoms with Crippen LogP contribution in [-0.4, -0.2) is 44.6 Å². The highest BCUT2D eigenvalue weighted by Gasteiger charge is 2.13. The average molecular weight is 367 g/mol. The lowest BCUT2D eigenvalue weighted by atomic mass is 10.1. The average Bonchev–Trinajstić information content (AvgIpc) is 2.56. The second kappa shape index (κ2) is 8.36. The summed E-state index contributed by atoms with van der Waals surface area (Å²) < 4.78 is 10.8. The van der Waals surface area contributed by atoms with E-state index in [0.29, 0.717) is 28.5 Å². The second-order valence-electron chi connectivity index (χ2n) is 6.21. The fourth-order valence-corrected chi connectivity index (χ4v) is 2.59. The van der Waals surface area contributed by atoms with Gasteiger partial charge in [-0.05, 0) is 52.5 Å². The van der Waals surface area contributed by atoms with E-state index in [2.05, 4.69) is 10.2 Å². The van der Waals surface area contributed by atoms with E-state index < -0.39 is 5.63 Å². The Morgan fingerprint density at radius 1 is 1.28 bits per heavy atom. The first-order valence-electron chi connectivity index (χ1n) is 8.07. The van der Waals surface area contributed by atoms with Crippen LogP contribution in [0.1, 0.15) is 17.5 Å². The number of hydrogen-bond acceptors (Lipinski definition) is 5. The monoisotopic (exact) mass is 366 g/mol. The van der Waals surface area contributed by atoms with E-state index in [1.165, 1.54) is 0 Å². The third kappa shape index (κ3) is 4.96. The molecule has 1 aromatic heterocycles. The van der Waals surface area contributed by atoms with Crippen molar-refractivity contribution < 1.29 is 13.9 Å². The van der Waals surface area contributed by atoms with Crippen LogP contribution in [0.5, 0.6) is 5.75 Å². The molecule has 1 aromatic carbocycles. The second-order valence-corrected chi connectivity index (χ2v) is 6.62. The predicted octanol–water partition coefficient (Wildman–Crippen LogP) is 2.51. The Balaban J connectivity index is 2.04. The van der Waals surface area contributed by atoms with Gasteiger partial charge >= 0.3 is 5.63 Å². The molecule has 2 aromatic rings. The Bertz CT molecular complexity index is 830. The number of fused-ring (bicyclic) bond motifs is 1. The van der Waals surface area contributed by atoms with Gasteiger partial charge in [0, 0.05) is 23.6 Å². The van der Waals surface area contributed by atoms with Crippen LogP contribution >= 0.6 is 11.6 Å². The molecule has 1 N–H and O–H groups in total. The molecule has 0 atom stereocenters. The largest absolute Gasteiger partial charge is 0.482 e. The van der Waals surface area contributed by atoms with Gasteiger partial charge in [-0.2, -0.15) is 0 Å². The molecule has 0 fully saturated rings. The minimum Gasteiger partial charge on any atom is -0.482 e. The van der Waals surface area contributed by atoms with E-state index >= 15 is 0 Å². The molecular formula is C18H23ClN2O4. The van der Waals surface area contributed by atoms with Gasteiger partial charge in [0.2, 0.25) is 0 Å². The first-order chi connectivity index (χ1) is 11.8. The minimum absolute atomic E-state index is 0.151. The third-order valence-corrected chi connectivity index (χ3v) is 4.27. The van der Waals surface area contributed by atoms with Crippen LogP contribution in [0.4, 0.5) is 0 Å². The van der Waals surface area contributed by atoms with E-state index in [1.807, 2.05) is 21.0 Å². The molecule has 0 saturated heterocycles. The summed E-state index contributed by atoms with van der Waals surface area (Å²) in [5.74, 6) is 0.0838. The molecule has 1 amide bonds. The summed E-state index contributed by atoms with van der Waals surface area (Å²) in [6.07, 6.45) is 0.860. The lowest BCUT2D eigenvalue weighted by molar-refractivity contribution is -0.123. The molecule has 0 unspecified atom stereocenters. The van der Waals surface area contributed by atoms with Gasteiger partial charge in [-0.3, -0.25) is 4.79 Å². The van der Waals surface area contributed by atoms with Crippen LogP contribution in [-0.2, 0) is 4.79 Å². The van der Waals surface area contributed by atoms with E-state index in [1.54, 1.807) is 19.1 Å². The number of carbonyl (C=O) groups excluding carboxylic acids is 1. The molecule has 1 heterocycles. The first-order valence-corrected chi connectivity index (χ1v) is 8.45. The minimum atomic E-state index is -0.392. The Hall–Kier alpha value is -2.05. The number of benzene rings is 1. The van der Waals surface area contributed by atoms with Crippen molar-refractivity contribution in [2.75, 3.05) is 33.8 Å². The predicted molar refractivity (Wildman–Crippen MR) is 98.6 cm³/mol. The summed E-state index contributed by atoms with van der Waals surface area (Å²) in [7, 11) is 3.96. The molecular weight excluding hydrogens is 344 g/mol. The summed E-state index contributed by atoms with van der Waals surface area (Å²) in [6.45, 7) is 4.88. The van der Waals surface area contributed by atoms with Gasteiger partial charge < -0.3 is 19.4 Å². The maximum absolute atomic E-state index is 11.8. The summed E-state index contributed by atoms with van der Waals surface area (Å²) in [5, 5.41) is 3.90. The number of nitrogens with zero attached hydrogens (tertiary/aromatic N) is 1. The summed E-state index contributed by atoms with van der Waals surface area (Å²) >= 11 is 6.23. The van der Waals surface area contributed by atoms with Gasteiger partial charge in [-0.25, -0.2) is 4.79 Å². The molecule has 7 heteroatoms. The van der Waals surface area contributed by atoms with Crippen molar-refractivity contribution in [3.05, 3.63) is 38.7 Å². The number of halogens is 1. The topological polar surface area (TPSA) is 71.8 Å². The van der Waals surface area contributed by atoms with Gasteiger partial charge in [0.05, 0.1) is 5.02 Å². The molecule has 25 heavy (non-hydrogen) atoms. The number of ether oxygens (including phenoxy) is 1. The number of carbonyl (C=O) groups is 1. The van der Waals surface area contributed by atoms with Crippen molar-refractivity contribution >= 4 is 28.5 Å². The summed E-state index contributed by atoms with van der Waals surface area (Å²) in [5.41, 5.74) is 1.36. The molecule has 0 spiro atoms. The Kier molecular flexibility index (Phi) is 6.45. The highest BCUT2D eigenvalue weighted by atomic mass is 35.5. The molecule has 2 rings (SSSR count). The van der Waals surface area contributed by atoms with Crippen LogP contribution in [0.25, 0.3) is 11.0 Å². The van der Waals surface area contributed by atoms with Crippen molar-refractivity contribution in [1.82, 2.24) is 10.2 Å². The molecule has 0 aliphatic carbocycles. The number of nitrogens with one attached hydrogen (secondary N) is 1. The lowest BCUT2D eigenvalue weighted by Gasteiger charge is -2.12. The van der Waals surface area contributed by atoms with Crippen LogP contribution in [0.3, 0.4) is 0 Å². The van der Waals surface area contributed by atoms with Crippen LogP contribution in [0.2, 0.25) is 5.02 Å². The normalized spacial score (nSPS) is 11.1. The van der Waals surface area contributed by atoms with Gasteiger partial charge in [-0.1, -0.05) is 11.6 Å². The molecule has 6 nitrogen and oxygen atoms in total. The van der Waals surface area contributed by atoms with E-state index in [0.717, 1.165) is 23.9 Å². The SMILES string of the molecule is Cc1c(C)c2cc(Cl)c(OCC(=O)NCCCN(C)C)cc2oc1=O. The zero-order valence-electron chi connectivity index (χ0n) is 14.9. The summed E-state index contributed by atoms with van der Waals surface area (Å²) in [6, 6.07) is 3.23.